The van der Waals surface area contributed by atoms with Gasteiger partial charge in [0.05, 0.1) is 30.8 Å². The third kappa shape index (κ3) is 11.9. The second kappa shape index (κ2) is 16.8. The average Bonchev–Trinajstić information content (AvgIpc) is 2.89. The minimum Gasteiger partial charge on any atom is -0.388 e. The summed E-state index contributed by atoms with van der Waals surface area (Å²) in [5.74, 6) is -0.793. The van der Waals surface area contributed by atoms with Crippen LogP contribution in [0.5, 0.6) is 0 Å². The summed E-state index contributed by atoms with van der Waals surface area (Å²) >= 11 is 0. The van der Waals surface area contributed by atoms with Crippen LogP contribution in [0, 0.1) is 0 Å². The monoisotopic (exact) mass is 687 g/mol. The highest BCUT2D eigenvalue weighted by Crippen LogP contribution is 2.32. The molecule has 2 heterocycles. The molecule has 10 N–H and O–H groups in total. The average molecular weight is 688 g/mol. The number of rotatable bonds is 9. The molecule has 0 aromatic rings. The van der Waals surface area contributed by atoms with E-state index in [1.54, 1.807) is 14.1 Å². The molecule has 12 atom stereocenters. The van der Waals surface area contributed by atoms with Crippen molar-refractivity contribution in [1.29, 1.82) is 0 Å². The Morgan fingerprint density at radius 1 is 0.978 bits per heavy atom. The number of likely N-dealkylation sites (N-methyl/N-ethyl adjacent to an activating group) is 2. The molecule has 1 saturated carbocycles. The van der Waals surface area contributed by atoms with Crippen molar-refractivity contribution >= 4 is 28.1 Å². The fourth-order valence-electron chi connectivity index (χ4n) is 5.82. The van der Waals surface area contributed by atoms with Crippen molar-refractivity contribution in [2.75, 3.05) is 27.2 Å². The van der Waals surface area contributed by atoms with Crippen LogP contribution in [0.1, 0.15) is 47.0 Å². The fraction of sp³-hybridized carbons (Fsp3) is 0.885. The van der Waals surface area contributed by atoms with E-state index in [9.17, 15) is 29.7 Å². The van der Waals surface area contributed by atoms with Crippen LogP contribution < -0.4 is 21.7 Å². The molecule has 3 amide bonds. The van der Waals surface area contributed by atoms with E-state index < -0.39 is 83.3 Å². The van der Waals surface area contributed by atoms with Gasteiger partial charge in [-0.2, -0.15) is 8.42 Å². The van der Waals surface area contributed by atoms with Gasteiger partial charge in [-0.25, -0.2) is 0 Å². The third-order valence-corrected chi connectivity index (χ3v) is 7.99. The van der Waals surface area contributed by atoms with Crippen LogP contribution in [0.4, 0.5) is 0 Å². The Morgan fingerprint density at radius 3 is 2.04 bits per heavy atom. The number of nitrogens with zero attached hydrogens (tertiary/aromatic N) is 1. The van der Waals surface area contributed by atoms with Crippen molar-refractivity contribution in [1.82, 2.24) is 20.9 Å². The zero-order valence-corrected chi connectivity index (χ0v) is 27.5. The number of ether oxygens (including phenoxy) is 4. The number of hydrogen-bond acceptors (Lipinski definition) is 14. The lowest BCUT2D eigenvalue weighted by Crippen LogP contribution is -2.69. The Bertz CT molecular complexity index is 1140. The largest absolute Gasteiger partial charge is 0.394 e. The highest BCUT2D eigenvalue weighted by Gasteiger charge is 2.51. The van der Waals surface area contributed by atoms with Gasteiger partial charge in [0.25, 0.3) is 0 Å². The standard InChI is InChI=1S/C26H47N5O10.H2O4S/c1-12(32)29-17-8-7-15(10-31(6)14(3)34)39-24(17)41-22-18(30-13(2)33)9-16(27)21(19(22)35)40-25-20(36)23(28-5)26(4,37)11-38-25;1-5(2,3)4/h15-25,28,35-37H,7-11,27H2,1-6H3,(H,29,32)(H,30,33);(H2,1,2,3,4)/t15-,16+,17+,18-,19+,20+,21-,22+,23+,24+,25+,26-;/m0./s1. The van der Waals surface area contributed by atoms with Crippen LogP contribution in [0.25, 0.3) is 0 Å². The van der Waals surface area contributed by atoms with E-state index >= 15 is 0 Å². The molecule has 0 unspecified atom stereocenters. The molecule has 3 fully saturated rings. The van der Waals surface area contributed by atoms with Gasteiger partial charge in [0.2, 0.25) is 17.7 Å². The number of amides is 3. The first-order chi connectivity index (χ1) is 21.1. The van der Waals surface area contributed by atoms with Crippen LogP contribution in [-0.4, -0.2) is 156 Å². The van der Waals surface area contributed by atoms with Gasteiger partial charge in [-0.05, 0) is 33.2 Å². The van der Waals surface area contributed by atoms with Crippen LogP contribution in [-0.2, 0) is 43.7 Å². The van der Waals surface area contributed by atoms with Crippen LogP contribution >= 0.6 is 0 Å². The zero-order chi connectivity index (χ0) is 35.1. The molecule has 0 aromatic carbocycles. The van der Waals surface area contributed by atoms with Crippen LogP contribution in [0.2, 0.25) is 0 Å². The van der Waals surface area contributed by atoms with Gasteiger partial charge >= 0.3 is 10.4 Å². The smallest absolute Gasteiger partial charge is 0.388 e. The normalized spacial score (nSPS) is 38.1. The number of aliphatic hydroxyl groups excluding tert-OH is 2. The van der Waals surface area contributed by atoms with E-state index in [4.69, 9.17) is 42.2 Å². The molecule has 1 aliphatic carbocycles. The molecule has 2 saturated heterocycles. The first-order valence-electron chi connectivity index (χ1n) is 14.7. The molecular formula is C26H49N5O14S. The van der Waals surface area contributed by atoms with Crippen molar-refractivity contribution in [2.24, 2.45) is 5.73 Å². The van der Waals surface area contributed by atoms with Crippen molar-refractivity contribution < 1.29 is 66.2 Å². The van der Waals surface area contributed by atoms with Gasteiger partial charge in [-0.1, -0.05) is 0 Å². The summed E-state index contributed by atoms with van der Waals surface area (Å²) in [5, 5.41) is 41.4. The molecule has 2 aliphatic heterocycles. The maximum Gasteiger partial charge on any atom is 0.394 e. The molecule has 0 radical (unpaired) electrons. The number of nitrogens with two attached hydrogens (primary N) is 1. The molecule has 268 valence electrons. The quantitative estimate of drug-likeness (QED) is 0.105. The predicted molar refractivity (Wildman–Crippen MR) is 158 cm³/mol. The van der Waals surface area contributed by atoms with E-state index in [1.807, 2.05) is 0 Å². The molecule has 19 nitrogen and oxygen atoms in total. The number of aliphatic hydroxyl groups is 3. The van der Waals surface area contributed by atoms with Crippen LogP contribution in [0.3, 0.4) is 0 Å². The summed E-state index contributed by atoms with van der Waals surface area (Å²) in [6.45, 7) is 5.83. The van der Waals surface area contributed by atoms with E-state index in [2.05, 4.69) is 16.0 Å². The highest BCUT2D eigenvalue weighted by molar-refractivity contribution is 7.79. The molecule has 20 heteroatoms. The molecule has 0 aromatic heterocycles. The van der Waals surface area contributed by atoms with Gasteiger partial charge in [-0.15, -0.1) is 0 Å². The predicted octanol–water partition coefficient (Wildman–Crippen LogP) is -3.76. The van der Waals surface area contributed by atoms with Crippen LogP contribution in [0.15, 0.2) is 0 Å². The highest BCUT2D eigenvalue weighted by atomic mass is 32.3. The summed E-state index contributed by atoms with van der Waals surface area (Å²) in [6.07, 6.45) is -6.34. The summed E-state index contributed by atoms with van der Waals surface area (Å²) in [5.41, 5.74) is 5.03. The topological polar surface area (TPSA) is 289 Å². The molecule has 0 bridgehead atoms. The van der Waals surface area contributed by atoms with E-state index in [0.717, 1.165) is 0 Å². The van der Waals surface area contributed by atoms with Crippen molar-refractivity contribution in [2.45, 2.75) is 120 Å². The summed E-state index contributed by atoms with van der Waals surface area (Å²) in [7, 11) is -1.42. The zero-order valence-electron chi connectivity index (χ0n) is 26.7. The van der Waals surface area contributed by atoms with E-state index in [-0.39, 0.29) is 30.7 Å². The number of hydrogen-bond donors (Lipinski definition) is 9. The summed E-state index contributed by atoms with van der Waals surface area (Å²) < 4.78 is 55.7. The van der Waals surface area contributed by atoms with Crippen molar-refractivity contribution in [3.8, 4) is 0 Å². The second-order valence-electron chi connectivity index (χ2n) is 12.1. The molecule has 46 heavy (non-hydrogen) atoms. The van der Waals surface area contributed by atoms with E-state index in [0.29, 0.717) is 19.4 Å². The maximum atomic E-state index is 12.1. The summed E-state index contributed by atoms with van der Waals surface area (Å²) in [6, 6.07) is -2.87. The van der Waals surface area contributed by atoms with Gasteiger partial charge in [-0.3, -0.25) is 23.5 Å². The fourth-order valence-corrected chi connectivity index (χ4v) is 5.82. The Labute approximate surface area is 268 Å². The molecular weight excluding hydrogens is 638 g/mol. The lowest BCUT2D eigenvalue weighted by molar-refractivity contribution is -0.308. The Kier molecular flexibility index (Phi) is 14.7. The summed E-state index contributed by atoms with van der Waals surface area (Å²) in [4.78, 5) is 37.3. The van der Waals surface area contributed by atoms with Crippen molar-refractivity contribution in [3.05, 3.63) is 0 Å². The van der Waals surface area contributed by atoms with Crippen molar-refractivity contribution in [3.63, 3.8) is 0 Å². The third-order valence-electron chi connectivity index (χ3n) is 7.99. The van der Waals surface area contributed by atoms with Gasteiger partial charge in [0.1, 0.15) is 30.0 Å². The first-order valence-corrected chi connectivity index (χ1v) is 16.1. The minimum absolute atomic E-state index is 0.133. The van der Waals surface area contributed by atoms with Gasteiger partial charge < -0.3 is 60.9 Å². The number of carbonyl (C=O) groups excluding carboxylic acids is 3. The molecule has 0 spiro atoms. The van der Waals surface area contributed by atoms with E-state index in [1.165, 1.54) is 32.6 Å². The Balaban J connectivity index is 0.00000136. The number of carbonyl (C=O) groups is 3. The molecule has 3 aliphatic rings. The second-order valence-corrected chi connectivity index (χ2v) is 12.9. The van der Waals surface area contributed by atoms with Gasteiger partial charge in [0.15, 0.2) is 12.6 Å². The first kappa shape index (κ1) is 40.1. The number of nitrogens with one attached hydrogen (secondary N) is 3. The lowest BCUT2D eigenvalue weighted by Gasteiger charge is -2.49. The minimum atomic E-state index is -4.67. The van der Waals surface area contributed by atoms with Gasteiger partial charge in [0, 0.05) is 40.4 Å². The lowest BCUT2D eigenvalue weighted by atomic mass is 9.83. The molecule has 3 rings (SSSR count). The Morgan fingerprint density at radius 2 is 1.52 bits per heavy atom. The maximum absolute atomic E-state index is 12.1. The SMILES string of the molecule is CN[C@@H]1[C@@H](O)[C@@H](O[C@@H]2[C@@H](O)[C@H](O[C@H]3O[C@H](CN(C)C(C)=O)CC[C@H]3NC(C)=O)[C@@H](NC(C)=O)C[C@H]2N)OC[C@]1(C)O.O=S(=O)(O)O. The Hall–Kier alpha value is -2.08.